The SMILES string of the molecule is COC(=O)CCN(C(=O)/C=C/c1ccc(Cl)cc1)C1CCCCCC1. The van der Waals surface area contributed by atoms with Crippen molar-refractivity contribution < 1.29 is 14.3 Å². The van der Waals surface area contributed by atoms with Crippen LogP contribution >= 0.6 is 11.6 Å². The molecule has 2 rings (SSSR count). The Balaban J connectivity index is 2.07. The van der Waals surface area contributed by atoms with E-state index in [-0.39, 0.29) is 24.3 Å². The van der Waals surface area contributed by atoms with Crippen LogP contribution in [0.4, 0.5) is 0 Å². The maximum absolute atomic E-state index is 12.8. The van der Waals surface area contributed by atoms with Crippen LogP contribution in [-0.2, 0) is 14.3 Å². The molecule has 0 aromatic heterocycles. The molecule has 0 bridgehead atoms. The molecule has 4 nitrogen and oxygen atoms in total. The summed E-state index contributed by atoms with van der Waals surface area (Å²) in [6, 6.07) is 7.54. The number of halogens is 1. The first-order valence-electron chi connectivity index (χ1n) is 8.91. The summed E-state index contributed by atoms with van der Waals surface area (Å²) in [6.07, 6.45) is 10.3. The quantitative estimate of drug-likeness (QED) is 0.425. The van der Waals surface area contributed by atoms with Crippen LogP contribution in [0.5, 0.6) is 0 Å². The van der Waals surface area contributed by atoms with Crippen molar-refractivity contribution in [1.29, 1.82) is 0 Å². The van der Waals surface area contributed by atoms with Gasteiger partial charge in [-0.05, 0) is 36.6 Å². The Labute approximate surface area is 154 Å². The first-order chi connectivity index (χ1) is 12.1. The van der Waals surface area contributed by atoms with Gasteiger partial charge in [0.1, 0.15) is 0 Å². The van der Waals surface area contributed by atoms with E-state index in [4.69, 9.17) is 16.3 Å². The third-order valence-corrected chi connectivity index (χ3v) is 4.87. The summed E-state index contributed by atoms with van der Waals surface area (Å²) >= 11 is 5.88. The molecule has 0 aliphatic heterocycles. The summed E-state index contributed by atoms with van der Waals surface area (Å²) in [5, 5.41) is 0.668. The second-order valence-corrected chi connectivity index (χ2v) is 6.82. The number of nitrogens with zero attached hydrogens (tertiary/aromatic N) is 1. The van der Waals surface area contributed by atoms with Crippen LogP contribution in [0.1, 0.15) is 50.5 Å². The van der Waals surface area contributed by atoms with E-state index in [0.717, 1.165) is 31.2 Å². The van der Waals surface area contributed by atoms with Gasteiger partial charge < -0.3 is 9.64 Å². The Kier molecular flexibility index (Phi) is 7.99. The number of carbonyl (C=O) groups is 2. The van der Waals surface area contributed by atoms with Gasteiger partial charge in [0.05, 0.1) is 13.5 Å². The van der Waals surface area contributed by atoms with E-state index in [1.54, 1.807) is 24.3 Å². The Morgan fingerprint density at radius 2 is 1.80 bits per heavy atom. The Morgan fingerprint density at radius 1 is 1.16 bits per heavy atom. The van der Waals surface area contributed by atoms with E-state index >= 15 is 0 Å². The van der Waals surface area contributed by atoms with E-state index in [0.29, 0.717) is 11.6 Å². The zero-order valence-corrected chi connectivity index (χ0v) is 15.5. The van der Waals surface area contributed by atoms with Crippen molar-refractivity contribution in [2.45, 2.75) is 51.0 Å². The van der Waals surface area contributed by atoms with Crippen molar-refractivity contribution in [3.05, 3.63) is 40.9 Å². The molecule has 0 heterocycles. The molecule has 0 atom stereocenters. The maximum Gasteiger partial charge on any atom is 0.307 e. The summed E-state index contributed by atoms with van der Waals surface area (Å²) in [5.74, 6) is -0.334. The molecule has 1 aromatic carbocycles. The number of rotatable bonds is 6. The molecule has 0 unspecified atom stereocenters. The highest BCUT2D eigenvalue weighted by Crippen LogP contribution is 2.23. The lowest BCUT2D eigenvalue weighted by atomic mass is 10.1. The van der Waals surface area contributed by atoms with Crippen molar-refractivity contribution in [1.82, 2.24) is 4.90 Å². The molecule has 0 radical (unpaired) electrons. The second-order valence-electron chi connectivity index (χ2n) is 6.39. The number of hydrogen-bond acceptors (Lipinski definition) is 3. The standard InChI is InChI=1S/C20H26ClNO3/c1-25-20(24)14-15-22(18-6-4-2-3-5-7-18)19(23)13-10-16-8-11-17(21)12-9-16/h8-13,18H,2-7,14-15H2,1H3/b13-10+. The topological polar surface area (TPSA) is 46.6 Å². The average Bonchev–Trinajstić information content (AvgIpc) is 2.90. The van der Waals surface area contributed by atoms with Crippen LogP contribution in [0.25, 0.3) is 6.08 Å². The van der Waals surface area contributed by atoms with Gasteiger partial charge in [0.2, 0.25) is 5.91 Å². The fraction of sp³-hybridized carbons (Fsp3) is 0.500. The monoisotopic (exact) mass is 363 g/mol. The predicted octanol–water partition coefficient (Wildman–Crippen LogP) is 4.47. The third-order valence-electron chi connectivity index (χ3n) is 4.62. The fourth-order valence-corrected chi connectivity index (χ4v) is 3.32. The maximum atomic E-state index is 12.8. The number of hydrogen-bond donors (Lipinski definition) is 0. The van der Waals surface area contributed by atoms with E-state index in [1.165, 1.54) is 20.0 Å². The van der Waals surface area contributed by atoms with E-state index < -0.39 is 0 Å². The molecule has 1 fully saturated rings. The predicted molar refractivity (Wildman–Crippen MR) is 100 cm³/mol. The Morgan fingerprint density at radius 3 is 2.40 bits per heavy atom. The number of benzene rings is 1. The Hall–Kier alpha value is -1.81. The molecule has 0 N–H and O–H groups in total. The van der Waals surface area contributed by atoms with Crippen molar-refractivity contribution in [3.8, 4) is 0 Å². The number of esters is 1. The molecule has 1 amide bonds. The van der Waals surface area contributed by atoms with Gasteiger partial charge in [0.15, 0.2) is 0 Å². The summed E-state index contributed by atoms with van der Waals surface area (Å²) in [4.78, 5) is 26.1. The lowest BCUT2D eigenvalue weighted by Gasteiger charge is -2.30. The van der Waals surface area contributed by atoms with Crippen molar-refractivity contribution in [3.63, 3.8) is 0 Å². The highest BCUT2D eigenvalue weighted by Gasteiger charge is 2.23. The second kappa shape index (κ2) is 10.2. The smallest absolute Gasteiger partial charge is 0.307 e. The minimum absolute atomic E-state index is 0.0502. The summed E-state index contributed by atoms with van der Waals surface area (Å²) < 4.78 is 4.73. The van der Waals surface area contributed by atoms with Gasteiger partial charge in [0.25, 0.3) is 0 Å². The summed E-state index contributed by atoms with van der Waals surface area (Å²) in [7, 11) is 1.38. The van der Waals surface area contributed by atoms with Crippen LogP contribution in [0, 0.1) is 0 Å². The Bertz CT molecular complexity index is 589. The van der Waals surface area contributed by atoms with Crippen LogP contribution in [0.15, 0.2) is 30.3 Å². The van der Waals surface area contributed by atoms with E-state index in [2.05, 4.69) is 0 Å². The first-order valence-corrected chi connectivity index (χ1v) is 9.29. The van der Waals surface area contributed by atoms with Crippen molar-refractivity contribution >= 4 is 29.6 Å². The van der Waals surface area contributed by atoms with Gasteiger partial charge in [-0.15, -0.1) is 0 Å². The van der Waals surface area contributed by atoms with Gasteiger partial charge >= 0.3 is 5.97 Å². The summed E-state index contributed by atoms with van der Waals surface area (Å²) in [5.41, 5.74) is 0.923. The van der Waals surface area contributed by atoms with E-state index in [1.807, 2.05) is 17.0 Å². The summed E-state index contributed by atoms with van der Waals surface area (Å²) in [6.45, 7) is 0.404. The van der Waals surface area contributed by atoms with Crippen LogP contribution in [0.2, 0.25) is 5.02 Å². The molecular formula is C20H26ClNO3. The molecule has 0 saturated heterocycles. The van der Waals surface area contributed by atoms with Crippen molar-refractivity contribution in [2.75, 3.05) is 13.7 Å². The zero-order valence-electron chi connectivity index (χ0n) is 14.7. The molecule has 1 aliphatic carbocycles. The van der Waals surface area contributed by atoms with Gasteiger partial charge in [-0.25, -0.2) is 0 Å². The van der Waals surface area contributed by atoms with Crippen LogP contribution < -0.4 is 0 Å². The first kappa shape index (κ1) is 19.5. The van der Waals surface area contributed by atoms with Gasteiger partial charge in [-0.2, -0.15) is 0 Å². The van der Waals surface area contributed by atoms with Gasteiger partial charge in [-0.1, -0.05) is 49.4 Å². The molecule has 1 aliphatic rings. The third kappa shape index (κ3) is 6.54. The molecular weight excluding hydrogens is 338 g/mol. The van der Waals surface area contributed by atoms with E-state index in [9.17, 15) is 9.59 Å². The van der Waals surface area contributed by atoms with Crippen molar-refractivity contribution in [2.24, 2.45) is 0 Å². The van der Waals surface area contributed by atoms with Crippen LogP contribution in [-0.4, -0.2) is 36.5 Å². The molecule has 5 heteroatoms. The molecule has 0 spiro atoms. The lowest BCUT2D eigenvalue weighted by molar-refractivity contribution is -0.141. The largest absolute Gasteiger partial charge is 0.469 e. The molecule has 136 valence electrons. The fourth-order valence-electron chi connectivity index (χ4n) is 3.19. The average molecular weight is 364 g/mol. The lowest BCUT2D eigenvalue weighted by Crippen LogP contribution is -2.40. The highest BCUT2D eigenvalue weighted by molar-refractivity contribution is 6.30. The molecule has 1 aromatic rings. The minimum Gasteiger partial charge on any atom is -0.469 e. The normalized spacial score (nSPS) is 15.8. The highest BCUT2D eigenvalue weighted by atomic mass is 35.5. The minimum atomic E-state index is -0.284. The molecule has 1 saturated carbocycles. The van der Waals surface area contributed by atoms with Gasteiger partial charge in [0, 0.05) is 23.7 Å². The number of ether oxygens (including phenoxy) is 1. The number of methoxy groups -OCH3 is 1. The van der Waals surface area contributed by atoms with Crippen LogP contribution in [0.3, 0.4) is 0 Å². The number of amides is 1. The zero-order chi connectivity index (χ0) is 18.1. The van der Waals surface area contributed by atoms with Gasteiger partial charge in [-0.3, -0.25) is 9.59 Å². The molecule has 25 heavy (non-hydrogen) atoms. The number of carbonyl (C=O) groups excluding carboxylic acids is 2.